The Balaban J connectivity index is 1.13. The van der Waals surface area contributed by atoms with Crippen LogP contribution in [0.2, 0.25) is 0 Å². The van der Waals surface area contributed by atoms with Gasteiger partial charge in [0.1, 0.15) is 24.6 Å². The monoisotopic (exact) mass is 611 g/mol. The summed E-state index contributed by atoms with van der Waals surface area (Å²) in [5.74, 6) is 2.38. The molecule has 234 valence electrons. The van der Waals surface area contributed by atoms with E-state index in [0.29, 0.717) is 13.1 Å². The van der Waals surface area contributed by atoms with Crippen LogP contribution in [0.15, 0.2) is 60.2 Å². The zero-order chi connectivity index (χ0) is 30.8. The van der Waals surface area contributed by atoms with E-state index in [4.69, 9.17) is 10.5 Å². The highest BCUT2D eigenvalue weighted by Crippen LogP contribution is 2.49. The normalized spacial score (nSPS) is 20.6. The van der Waals surface area contributed by atoms with Crippen LogP contribution in [-0.2, 0) is 43.6 Å². The Morgan fingerprint density at radius 3 is 2.48 bits per heavy atom. The Labute approximate surface area is 271 Å². The van der Waals surface area contributed by atoms with Crippen molar-refractivity contribution in [3.05, 3.63) is 110 Å². The molecule has 0 saturated carbocycles. The Morgan fingerprint density at radius 1 is 0.913 bits per heavy atom. The summed E-state index contributed by atoms with van der Waals surface area (Å²) in [5.41, 5.74) is 18.6. The third kappa shape index (κ3) is 4.56. The molecule has 3 aromatic carbocycles. The molecule has 0 spiro atoms. The van der Waals surface area contributed by atoms with Gasteiger partial charge in [-0.15, -0.1) is 0 Å². The summed E-state index contributed by atoms with van der Waals surface area (Å²) in [5, 5.41) is 5.88. The van der Waals surface area contributed by atoms with Crippen molar-refractivity contribution in [1.29, 1.82) is 0 Å². The fourth-order valence-corrected chi connectivity index (χ4v) is 9.02. The molecule has 1 atom stereocenters. The summed E-state index contributed by atoms with van der Waals surface area (Å²) < 4.78 is 9.82. The first kappa shape index (κ1) is 28.1. The number of anilines is 1. The van der Waals surface area contributed by atoms with Crippen molar-refractivity contribution in [2.45, 2.75) is 70.9 Å². The van der Waals surface area contributed by atoms with E-state index in [1.165, 1.54) is 75.3 Å². The summed E-state index contributed by atoms with van der Waals surface area (Å²) in [6.07, 6.45) is 16.5. The zero-order valence-electron chi connectivity index (χ0n) is 26.7. The van der Waals surface area contributed by atoms with Crippen molar-refractivity contribution in [2.24, 2.45) is 11.7 Å². The minimum atomic E-state index is -0.0208. The maximum absolute atomic E-state index is 13.2. The number of allylic oxidation sites excluding steroid dienone is 2. The largest absolute Gasteiger partial charge is 0.455 e. The molecule has 46 heavy (non-hydrogen) atoms. The molecule has 3 aromatic rings. The van der Waals surface area contributed by atoms with E-state index in [2.05, 4.69) is 45.2 Å². The number of nitrogens with two attached hydrogens (primary N) is 1. The van der Waals surface area contributed by atoms with Crippen molar-refractivity contribution < 1.29 is 9.53 Å². The van der Waals surface area contributed by atoms with E-state index in [9.17, 15) is 4.79 Å². The zero-order valence-corrected chi connectivity index (χ0v) is 26.7. The number of amides is 1. The molecule has 0 saturated heterocycles. The lowest BCUT2D eigenvalue weighted by atomic mass is 9.78. The van der Waals surface area contributed by atoms with E-state index >= 15 is 0 Å². The predicted molar refractivity (Wildman–Crippen MR) is 183 cm³/mol. The number of rotatable bonds is 5. The number of carbonyl (C=O) groups excluding carboxylic acids is 1. The number of fused-ring (bicyclic) bond motifs is 4. The number of benzene rings is 3. The van der Waals surface area contributed by atoms with Gasteiger partial charge in [0.25, 0.3) is 5.91 Å². The lowest BCUT2D eigenvalue weighted by molar-refractivity contribution is -0.117. The molecule has 5 heterocycles. The first-order valence-electron chi connectivity index (χ1n) is 17.5. The lowest BCUT2D eigenvalue weighted by Gasteiger charge is -2.40. The summed E-state index contributed by atoms with van der Waals surface area (Å²) >= 11 is 0. The van der Waals surface area contributed by atoms with Gasteiger partial charge < -0.3 is 20.7 Å². The van der Waals surface area contributed by atoms with Crippen LogP contribution in [-0.4, -0.2) is 32.1 Å². The minimum Gasteiger partial charge on any atom is -0.455 e. The summed E-state index contributed by atoms with van der Waals surface area (Å²) in [7, 11) is 0. The van der Waals surface area contributed by atoms with Crippen molar-refractivity contribution in [1.82, 2.24) is 9.89 Å². The first-order valence-corrected chi connectivity index (χ1v) is 17.5. The number of hydrogen-bond acceptors (Lipinski definition) is 4. The Hall–Kier alpha value is -4.16. The second-order valence-electron chi connectivity index (χ2n) is 13.9. The fraction of sp³-hybridized carbons (Fsp3) is 0.400. The number of ether oxygens (including phenoxy) is 1. The maximum Gasteiger partial charge on any atom is 0.251 e. The molecular weight excluding hydrogens is 568 g/mol. The van der Waals surface area contributed by atoms with Crippen LogP contribution < -0.4 is 35.8 Å². The summed E-state index contributed by atoms with van der Waals surface area (Å²) in [6.45, 7) is 5.64. The second kappa shape index (κ2) is 11.3. The average Bonchev–Trinajstić information content (AvgIpc) is 3.11. The van der Waals surface area contributed by atoms with Gasteiger partial charge >= 0.3 is 0 Å². The van der Waals surface area contributed by atoms with Crippen LogP contribution in [0.4, 0.5) is 5.69 Å². The fourth-order valence-electron chi connectivity index (χ4n) is 9.02. The second-order valence-corrected chi connectivity index (χ2v) is 13.9. The standard InChI is InChI=1S/C40H42N4O2/c41-23-25-9-11-26(12-10-25)24-42-40(45)28-15-13-27(14-16-28)35-33-21-29-5-1-17-43-19-3-7-31(36(29)43)38(33)46-39-32-8-4-20-44-18-2-6-30(37(32)44)22-34(35)39/h9-13,15-16,21-22,27H,1-8,14,17-20,23-24,41H2/p+1. The molecule has 6 heteroatoms. The SMILES string of the molecule is NCc1ccc(CNC(=O)C2=CCC(C3=c4cc5c6c(c4Oc4c3cc3c7c4CCCN7CCC3)CCC[N+]=6CCC5)C=C2)cc1. The van der Waals surface area contributed by atoms with Crippen molar-refractivity contribution in [3.63, 3.8) is 0 Å². The van der Waals surface area contributed by atoms with Gasteiger partial charge in [-0.25, -0.2) is 4.58 Å². The number of hydrogen-bond donors (Lipinski definition) is 2. The molecule has 0 bridgehead atoms. The first-order chi connectivity index (χ1) is 22.7. The van der Waals surface area contributed by atoms with Crippen LogP contribution in [0, 0.1) is 5.92 Å². The maximum atomic E-state index is 13.2. The van der Waals surface area contributed by atoms with Gasteiger partial charge in [0, 0.05) is 78.1 Å². The van der Waals surface area contributed by atoms with Crippen LogP contribution in [0.1, 0.15) is 71.0 Å². The Bertz CT molecular complexity index is 1960. The summed E-state index contributed by atoms with van der Waals surface area (Å²) in [4.78, 5) is 15.9. The van der Waals surface area contributed by atoms with Crippen LogP contribution >= 0.6 is 0 Å². The molecule has 6 nitrogen and oxygen atoms in total. The smallest absolute Gasteiger partial charge is 0.251 e. The molecule has 1 unspecified atom stereocenters. The minimum absolute atomic E-state index is 0.0208. The number of aryl methyl sites for hydroxylation is 2. The molecule has 0 radical (unpaired) electrons. The molecule has 1 amide bonds. The Kier molecular flexibility index (Phi) is 6.88. The molecule has 6 aliphatic rings. The molecule has 3 N–H and O–H groups in total. The third-order valence-electron chi connectivity index (χ3n) is 11.2. The van der Waals surface area contributed by atoms with Gasteiger partial charge in [-0.3, -0.25) is 4.79 Å². The van der Waals surface area contributed by atoms with Gasteiger partial charge in [-0.1, -0.05) is 42.5 Å². The number of carbonyl (C=O) groups is 1. The van der Waals surface area contributed by atoms with Crippen LogP contribution in [0.3, 0.4) is 0 Å². The molecule has 1 aliphatic carbocycles. The van der Waals surface area contributed by atoms with Gasteiger partial charge in [-0.05, 0) is 79.3 Å². The van der Waals surface area contributed by atoms with E-state index in [-0.39, 0.29) is 11.8 Å². The topological polar surface area (TPSA) is 70.6 Å². The van der Waals surface area contributed by atoms with E-state index < -0.39 is 0 Å². The van der Waals surface area contributed by atoms with Crippen LogP contribution in [0.25, 0.3) is 5.57 Å². The van der Waals surface area contributed by atoms with Crippen molar-refractivity contribution >= 4 is 17.2 Å². The highest BCUT2D eigenvalue weighted by atomic mass is 16.5. The van der Waals surface area contributed by atoms with Crippen molar-refractivity contribution in [3.8, 4) is 11.5 Å². The van der Waals surface area contributed by atoms with E-state index in [1.54, 1.807) is 0 Å². The predicted octanol–water partition coefficient (Wildman–Crippen LogP) is 4.35. The Morgan fingerprint density at radius 2 is 1.67 bits per heavy atom. The molecule has 0 fully saturated rings. The molecule has 5 aliphatic heterocycles. The van der Waals surface area contributed by atoms with E-state index in [0.717, 1.165) is 86.5 Å². The highest BCUT2D eigenvalue weighted by molar-refractivity contribution is 5.96. The van der Waals surface area contributed by atoms with Crippen LogP contribution in [0.5, 0.6) is 11.5 Å². The number of nitrogens with one attached hydrogen (secondary N) is 1. The quantitative estimate of drug-likeness (QED) is 0.421. The third-order valence-corrected chi connectivity index (χ3v) is 11.2. The summed E-state index contributed by atoms with van der Waals surface area (Å²) in [6, 6.07) is 13.1. The van der Waals surface area contributed by atoms with Gasteiger partial charge in [0.05, 0.1) is 5.56 Å². The number of nitrogens with zero attached hydrogens (tertiary/aromatic N) is 2. The average molecular weight is 612 g/mol. The lowest BCUT2D eigenvalue weighted by Crippen LogP contribution is -2.45. The molecule has 0 aromatic heterocycles. The molecular formula is C40H43N4O2+. The van der Waals surface area contributed by atoms with E-state index in [1.807, 2.05) is 24.3 Å². The van der Waals surface area contributed by atoms with Crippen molar-refractivity contribution in [2.75, 3.05) is 31.1 Å². The van der Waals surface area contributed by atoms with Gasteiger partial charge in [0.2, 0.25) is 5.36 Å². The molecule has 9 rings (SSSR count). The van der Waals surface area contributed by atoms with Gasteiger partial charge in [0.15, 0.2) is 0 Å². The van der Waals surface area contributed by atoms with Gasteiger partial charge in [-0.2, -0.15) is 0 Å². The highest BCUT2D eigenvalue weighted by Gasteiger charge is 2.36.